The van der Waals surface area contributed by atoms with E-state index >= 15 is 0 Å². The molecule has 2 aliphatic heterocycles. The fourth-order valence-electron chi connectivity index (χ4n) is 1.45. The van der Waals surface area contributed by atoms with Crippen molar-refractivity contribution in [2.45, 2.75) is 12.1 Å². The van der Waals surface area contributed by atoms with E-state index in [0.29, 0.717) is 6.10 Å². The monoisotopic (exact) mass is 214 g/mol. The van der Waals surface area contributed by atoms with Crippen LogP contribution >= 0.6 is 24.8 Å². The molecule has 1 N–H and O–H groups in total. The van der Waals surface area contributed by atoms with Crippen molar-refractivity contribution in [1.29, 1.82) is 0 Å². The highest BCUT2D eigenvalue weighted by molar-refractivity contribution is 5.85. The molecule has 0 aliphatic carbocycles. The summed E-state index contributed by atoms with van der Waals surface area (Å²) in [4.78, 5) is 2.48. The van der Waals surface area contributed by atoms with Gasteiger partial charge >= 0.3 is 0 Å². The maximum Gasteiger partial charge on any atom is 0.0825 e. The Morgan fingerprint density at radius 2 is 1.83 bits per heavy atom. The largest absolute Gasteiger partial charge is 0.379 e. The van der Waals surface area contributed by atoms with Gasteiger partial charge in [-0.25, -0.2) is 0 Å². The number of ether oxygens (including phenoxy) is 1. The van der Waals surface area contributed by atoms with Gasteiger partial charge in [0, 0.05) is 39.3 Å². The van der Waals surface area contributed by atoms with E-state index in [4.69, 9.17) is 4.74 Å². The summed E-state index contributed by atoms with van der Waals surface area (Å²) >= 11 is 0. The molecule has 12 heavy (non-hydrogen) atoms. The molecule has 2 rings (SSSR count). The molecule has 5 heteroatoms. The molecule has 0 aromatic rings. The quantitative estimate of drug-likeness (QED) is 0.708. The van der Waals surface area contributed by atoms with Crippen molar-refractivity contribution >= 4 is 24.8 Å². The van der Waals surface area contributed by atoms with Crippen molar-refractivity contribution in [1.82, 2.24) is 10.2 Å². The average molecular weight is 215 g/mol. The average Bonchev–Trinajstić information content (AvgIpc) is 1.72. The molecule has 2 fully saturated rings. The van der Waals surface area contributed by atoms with Crippen molar-refractivity contribution in [2.75, 3.05) is 33.3 Å². The Morgan fingerprint density at radius 1 is 1.25 bits per heavy atom. The number of rotatable bonds is 2. The van der Waals surface area contributed by atoms with E-state index in [1.165, 1.54) is 13.1 Å². The minimum atomic E-state index is 0. The first-order valence-corrected chi connectivity index (χ1v) is 3.87. The maximum atomic E-state index is 5.17. The Morgan fingerprint density at radius 3 is 2.17 bits per heavy atom. The van der Waals surface area contributed by atoms with Gasteiger partial charge in [0.2, 0.25) is 0 Å². The second-order valence-electron chi connectivity index (χ2n) is 3.12. The number of methoxy groups -OCH3 is 1. The lowest BCUT2D eigenvalue weighted by molar-refractivity contribution is -0.0600. The van der Waals surface area contributed by atoms with Crippen LogP contribution in [0.5, 0.6) is 0 Å². The lowest BCUT2D eigenvalue weighted by atomic mass is 10.0. The number of hydrogen-bond acceptors (Lipinski definition) is 3. The topological polar surface area (TPSA) is 24.5 Å². The van der Waals surface area contributed by atoms with Crippen molar-refractivity contribution in [3.05, 3.63) is 0 Å². The Balaban J connectivity index is 0.000000605. The fourth-order valence-corrected chi connectivity index (χ4v) is 1.45. The van der Waals surface area contributed by atoms with Gasteiger partial charge in [0.1, 0.15) is 0 Å². The summed E-state index contributed by atoms with van der Waals surface area (Å²) in [6, 6.07) is 0.811. The Hall–Kier alpha value is 0.460. The van der Waals surface area contributed by atoms with E-state index in [0.717, 1.165) is 19.1 Å². The van der Waals surface area contributed by atoms with Gasteiger partial charge in [0.15, 0.2) is 0 Å². The van der Waals surface area contributed by atoms with E-state index < -0.39 is 0 Å². The van der Waals surface area contributed by atoms with Crippen LogP contribution in [-0.2, 0) is 4.74 Å². The summed E-state index contributed by atoms with van der Waals surface area (Å²) in [6.45, 7) is 4.64. The number of hydrogen-bond donors (Lipinski definition) is 1. The first-order chi connectivity index (χ1) is 4.90. The molecule has 0 amide bonds. The van der Waals surface area contributed by atoms with Gasteiger partial charge in [0.05, 0.1) is 6.10 Å². The lowest BCUT2D eigenvalue weighted by Gasteiger charge is -2.47. The molecule has 0 atom stereocenters. The number of nitrogens with one attached hydrogen (secondary N) is 1. The predicted octanol–water partition coefficient (Wildman–Crippen LogP) is 0.132. The third-order valence-electron chi connectivity index (χ3n) is 2.49. The summed E-state index contributed by atoms with van der Waals surface area (Å²) < 4.78 is 5.17. The molecule has 0 aromatic heterocycles. The molecule has 0 radical (unpaired) electrons. The highest BCUT2D eigenvalue weighted by Crippen LogP contribution is 2.16. The zero-order valence-electron chi connectivity index (χ0n) is 7.16. The van der Waals surface area contributed by atoms with Crippen molar-refractivity contribution in [2.24, 2.45) is 0 Å². The zero-order valence-corrected chi connectivity index (χ0v) is 8.79. The molecule has 3 nitrogen and oxygen atoms in total. The third kappa shape index (κ3) is 2.24. The van der Waals surface area contributed by atoms with Crippen LogP contribution in [0, 0.1) is 0 Å². The molecule has 74 valence electrons. The van der Waals surface area contributed by atoms with Crippen LogP contribution in [0.1, 0.15) is 0 Å². The van der Waals surface area contributed by atoms with Crippen LogP contribution in [0.4, 0.5) is 0 Å². The molecule has 0 unspecified atom stereocenters. The summed E-state index contributed by atoms with van der Waals surface area (Å²) in [7, 11) is 1.79. The summed E-state index contributed by atoms with van der Waals surface area (Å²) in [6.07, 6.45) is 0.514. The van der Waals surface area contributed by atoms with Gasteiger partial charge in [-0.2, -0.15) is 0 Å². The van der Waals surface area contributed by atoms with Gasteiger partial charge in [0.25, 0.3) is 0 Å². The Kier molecular flexibility index (Phi) is 5.45. The number of likely N-dealkylation sites (tertiary alicyclic amines) is 1. The van der Waals surface area contributed by atoms with E-state index in [1.54, 1.807) is 7.11 Å². The Bertz CT molecular complexity index is 127. The van der Waals surface area contributed by atoms with E-state index in [9.17, 15) is 0 Å². The van der Waals surface area contributed by atoms with Gasteiger partial charge in [-0.3, -0.25) is 4.90 Å². The van der Waals surface area contributed by atoms with Crippen LogP contribution < -0.4 is 5.32 Å². The van der Waals surface area contributed by atoms with Gasteiger partial charge in [-0.15, -0.1) is 24.8 Å². The number of halogens is 2. The molecular formula is C7H16Cl2N2O. The van der Waals surface area contributed by atoms with E-state index in [2.05, 4.69) is 10.2 Å². The zero-order chi connectivity index (χ0) is 6.97. The molecule has 0 spiro atoms. The minimum absolute atomic E-state index is 0. The maximum absolute atomic E-state index is 5.17. The molecule has 0 aromatic carbocycles. The highest BCUT2D eigenvalue weighted by Gasteiger charge is 2.34. The predicted molar refractivity (Wildman–Crippen MR) is 53.5 cm³/mol. The van der Waals surface area contributed by atoms with Gasteiger partial charge in [-0.1, -0.05) is 0 Å². The fraction of sp³-hybridized carbons (Fsp3) is 1.00. The summed E-state index contributed by atoms with van der Waals surface area (Å²) in [5.41, 5.74) is 0. The van der Waals surface area contributed by atoms with Crippen LogP contribution in [0.2, 0.25) is 0 Å². The van der Waals surface area contributed by atoms with Crippen LogP contribution in [0.25, 0.3) is 0 Å². The molecule has 2 saturated heterocycles. The summed E-state index contributed by atoms with van der Waals surface area (Å²) in [5.74, 6) is 0. The first kappa shape index (κ1) is 12.5. The normalized spacial score (nSPS) is 24.8. The first-order valence-electron chi connectivity index (χ1n) is 3.87. The van der Waals surface area contributed by atoms with E-state index in [-0.39, 0.29) is 24.8 Å². The SMILES string of the molecule is COC1CN(C2CNC2)C1.Cl.Cl. The molecule has 2 heterocycles. The molecule has 0 bridgehead atoms. The van der Waals surface area contributed by atoms with Crippen molar-refractivity contribution in [3.8, 4) is 0 Å². The van der Waals surface area contributed by atoms with Crippen LogP contribution in [0.3, 0.4) is 0 Å². The summed E-state index contributed by atoms with van der Waals surface area (Å²) in [5, 5.41) is 3.26. The standard InChI is InChI=1S/C7H14N2O.2ClH/c1-10-7-4-9(5-7)6-2-8-3-6;;/h6-8H,2-5H2,1H3;2*1H. The minimum Gasteiger partial charge on any atom is -0.379 e. The van der Waals surface area contributed by atoms with Crippen LogP contribution in [-0.4, -0.2) is 50.3 Å². The number of nitrogens with zero attached hydrogens (tertiary/aromatic N) is 1. The van der Waals surface area contributed by atoms with Crippen LogP contribution in [0.15, 0.2) is 0 Å². The molecule has 0 saturated carbocycles. The Labute approximate surface area is 85.6 Å². The lowest BCUT2D eigenvalue weighted by Crippen LogP contribution is -2.65. The van der Waals surface area contributed by atoms with Crippen molar-refractivity contribution in [3.63, 3.8) is 0 Å². The smallest absolute Gasteiger partial charge is 0.0825 e. The van der Waals surface area contributed by atoms with Crippen molar-refractivity contribution < 1.29 is 4.74 Å². The third-order valence-corrected chi connectivity index (χ3v) is 2.49. The molecular weight excluding hydrogens is 199 g/mol. The molecule has 2 aliphatic rings. The second-order valence-corrected chi connectivity index (χ2v) is 3.12. The van der Waals surface area contributed by atoms with E-state index in [1.807, 2.05) is 0 Å². The highest BCUT2D eigenvalue weighted by atomic mass is 35.5. The van der Waals surface area contributed by atoms with Gasteiger partial charge in [-0.05, 0) is 0 Å². The second kappa shape index (κ2) is 5.25. The van der Waals surface area contributed by atoms with Gasteiger partial charge < -0.3 is 10.1 Å².